The molecule has 0 aromatic rings. The fourth-order valence-electron chi connectivity index (χ4n) is 0.727. The van der Waals surface area contributed by atoms with E-state index in [0.717, 1.165) is 4.31 Å². The number of nitrogens with two attached hydrogens (primary N) is 1. The lowest BCUT2D eigenvalue weighted by molar-refractivity contribution is 0.315. The van der Waals surface area contributed by atoms with Crippen molar-refractivity contribution in [2.45, 2.75) is 13.8 Å². The van der Waals surface area contributed by atoms with Crippen LogP contribution in [0.2, 0.25) is 0 Å². The summed E-state index contributed by atoms with van der Waals surface area (Å²) in [7, 11) is -2.20. The summed E-state index contributed by atoms with van der Waals surface area (Å²) < 4.78 is 26.4. The molecule has 0 unspecified atom stereocenters. The third-order valence-corrected chi connectivity index (χ3v) is 3.08. The van der Waals surface area contributed by atoms with Crippen molar-refractivity contribution in [3.8, 4) is 0 Å². The van der Waals surface area contributed by atoms with Gasteiger partial charge in [-0.3, -0.25) is 0 Å². The maximum absolute atomic E-state index is 11.5. The highest BCUT2D eigenvalue weighted by molar-refractivity contribution is 7.87. The van der Waals surface area contributed by atoms with Gasteiger partial charge in [0.05, 0.1) is 6.54 Å². The second-order valence-electron chi connectivity index (χ2n) is 3.59. The standard InChI is InChI=1S/C7H18N4O3S/c1-6(2)4-9-15(13,14)11(3)5-7(8)10-12/h6,9,12H,4-5H2,1-3H3,(H2,8,10). The van der Waals surface area contributed by atoms with E-state index in [1.807, 2.05) is 13.8 Å². The second-order valence-corrected chi connectivity index (χ2v) is 5.46. The Morgan fingerprint density at radius 1 is 1.60 bits per heavy atom. The van der Waals surface area contributed by atoms with Crippen molar-refractivity contribution in [3.05, 3.63) is 0 Å². The molecule has 0 rings (SSSR count). The predicted octanol–water partition coefficient (Wildman–Crippen LogP) is -0.845. The van der Waals surface area contributed by atoms with Crippen LogP contribution in [-0.4, -0.2) is 43.9 Å². The summed E-state index contributed by atoms with van der Waals surface area (Å²) in [5, 5.41) is 11.0. The lowest BCUT2D eigenvalue weighted by Crippen LogP contribution is -2.43. The first-order chi connectivity index (χ1) is 6.79. The summed E-state index contributed by atoms with van der Waals surface area (Å²) in [5.41, 5.74) is 5.19. The number of likely N-dealkylation sites (N-methyl/N-ethyl adjacent to an activating group) is 1. The zero-order valence-corrected chi connectivity index (χ0v) is 9.95. The van der Waals surface area contributed by atoms with Crippen LogP contribution in [0.1, 0.15) is 13.8 Å². The molecule has 0 spiro atoms. The highest BCUT2D eigenvalue weighted by Gasteiger charge is 2.18. The molecule has 0 fully saturated rings. The Morgan fingerprint density at radius 2 is 2.13 bits per heavy atom. The van der Waals surface area contributed by atoms with Crippen molar-refractivity contribution in [2.24, 2.45) is 16.8 Å². The second kappa shape index (κ2) is 5.89. The normalized spacial score (nSPS) is 13.8. The molecule has 8 heteroatoms. The van der Waals surface area contributed by atoms with Gasteiger partial charge in [0.15, 0.2) is 5.84 Å². The third kappa shape index (κ3) is 5.55. The van der Waals surface area contributed by atoms with Crippen LogP contribution in [0.25, 0.3) is 0 Å². The zero-order valence-electron chi connectivity index (χ0n) is 9.14. The summed E-state index contributed by atoms with van der Waals surface area (Å²) in [5.74, 6) is 0.0597. The minimum absolute atomic E-state index is 0.149. The number of rotatable bonds is 6. The molecular formula is C7H18N4O3S. The molecule has 4 N–H and O–H groups in total. The van der Waals surface area contributed by atoms with Gasteiger partial charge in [0.2, 0.25) is 0 Å². The van der Waals surface area contributed by atoms with E-state index < -0.39 is 10.2 Å². The molecule has 0 aliphatic carbocycles. The van der Waals surface area contributed by atoms with Gasteiger partial charge in [0.25, 0.3) is 10.2 Å². The molecule has 0 radical (unpaired) electrons. The molecule has 0 aromatic heterocycles. The van der Waals surface area contributed by atoms with E-state index in [1.54, 1.807) is 0 Å². The highest BCUT2D eigenvalue weighted by Crippen LogP contribution is 1.95. The summed E-state index contributed by atoms with van der Waals surface area (Å²) in [6.45, 7) is 3.99. The van der Waals surface area contributed by atoms with E-state index in [0.29, 0.717) is 6.54 Å². The Hall–Kier alpha value is -0.860. The smallest absolute Gasteiger partial charge is 0.279 e. The fraction of sp³-hybridized carbons (Fsp3) is 0.857. The van der Waals surface area contributed by atoms with Crippen molar-refractivity contribution in [2.75, 3.05) is 20.1 Å². The number of oxime groups is 1. The van der Waals surface area contributed by atoms with Gasteiger partial charge in [0.1, 0.15) is 0 Å². The molecule has 15 heavy (non-hydrogen) atoms. The number of nitrogens with one attached hydrogen (secondary N) is 1. The van der Waals surface area contributed by atoms with Crippen LogP contribution in [0.3, 0.4) is 0 Å². The van der Waals surface area contributed by atoms with Gasteiger partial charge in [-0.05, 0) is 5.92 Å². The molecular weight excluding hydrogens is 220 g/mol. The molecule has 0 saturated heterocycles. The Kier molecular flexibility index (Phi) is 5.55. The van der Waals surface area contributed by atoms with Gasteiger partial charge in [-0.1, -0.05) is 19.0 Å². The molecule has 0 amide bonds. The van der Waals surface area contributed by atoms with Gasteiger partial charge in [0, 0.05) is 13.6 Å². The summed E-state index contributed by atoms with van der Waals surface area (Å²) >= 11 is 0. The molecule has 0 saturated carbocycles. The highest BCUT2D eigenvalue weighted by atomic mass is 32.2. The van der Waals surface area contributed by atoms with Crippen LogP contribution in [0, 0.1) is 5.92 Å². The minimum Gasteiger partial charge on any atom is -0.409 e. The van der Waals surface area contributed by atoms with Gasteiger partial charge in [-0.15, -0.1) is 0 Å². The number of hydrogen-bond donors (Lipinski definition) is 3. The predicted molar refractivity (Wildman–Crippen MR) is 57.8 cm³/mol. The van der Waals surface area contributed by atoms with Crippen molar-refractivity contribution in [1.29, 1.82) is 0 Å². The summed E-state index contributed by atoms with van der Waals surface area (Å²) in [4.78, 5) is 0. The van der Waals surface area contributed by atoms with Crippen LogP contribution in [-0.2, 0) is 10.2 Å². The molecule has 0 heterocycles. The zero-order chi connectivity index (χ0) is 12.1. The van der Waals surface area contributed by atoms with Crippen LogP contribution < -0.4 is 10.5 Å². The first-order valence-corrected chi connectivity index (χ1v) is 5.91. The SMILES string of the molecule is CC(C)CNS(=O)(=O)N(C)CC(N)=NO. The summed E-state index contributed by atoms with van der Waals surface area (Å²) in [6.07, 6.45) is 0. The average Bonchev–Trinajstić information content (AvgIpc) is 2.14. The molecule has 7 nitrogen and oxygen atoms in total. The lowest BCUT2D eigenvalue weighted by atomic mass is 10.2. The van der Waals surface area contributed by atoms with Crippen LogP contribution in [0.4, 0.5) is 0 Å². The van der Waals surface area contributed by atoms with E-state index in [-0.39, 0.29) is 18.3 Å². The van der Waals surface area contributed by atoms with Gasteiger partial charge < -0.3 is 10.9 Å². The van der Waals surface area contributed by atoms with Crippen molar-refractivity contribution in [1.82, 2.24) is 9.03 Å². The van der Waals surface area contributed by atoms with E-state index in [1.165, 1.54) is 7.05 Å². The van der Waals surface area contributed by atoms with E-state index in [2.05, 4.69) is 9.88 Å². The quantitative estimate of drug-likeness (QED) is 0.242. The number of amidine groups is 1. The molecule has 90 valence electrons. The van der Waals surface area contributed by atoms with Crippen LogP contribution in [0.5, 0.6) is 0 Å². The van der Waals surface area contributed by atoms with Crippen molar-refractivity contribution < 1.29 is 13.6 Å². The Labute approximate surface area is 90.1 Å². The van der Waals surface area contributed by atoms with E-state index in [9.17, 15) is 8.42 Å². The Bertz CT molecular complexity index is 312. The molecule has 0 aliphatic rings. The van der Waals surface area contributed by atoms with Crippen molar-refractivity contribution in [3.63, 3.8) is 0 Å². The largest absolute Gasteiger partial charge is 0.409 e. The van der Waals surface area contributed by atoms with E-state index >= 15 is 0 Å². The number of nitrogens with zero attached hydrogens (tertiary/aromatic N) is 2. The topological polar surface area (TPSA) is 108 Å². The average molecular weight is 238 g/mol. The maximum Gasteiger partial charge on any atom is 0.279 e. The van der Waals surface area contributed by atoms with Gasteiger partial charge in [-0.25, -0.2) is 4.72 Å². The van der Waals surface area contributed by atoms with Crippen molar-refractivity contribution >= 4 is 16.0 Å². The first-order valence-electron chi connectivity index (χ1n) is 4.47. The Balaban J connectivity index is 4.33. The van der Waals surface area contributed by atoms with Gasteiger partial charge >= 0.3 is 0 Å². The minimum atomic E-state index is -3.55. The fourth-order valence-corrected chi connectivity index (χ4v) is 1.79. The van der Waals surface area contributed by atoms with Crippen LogP contribution >= 0.6 is 0 Å². The molecule has 0 aromatic carbocycles. The molecule has 0 bridgehead atoms. The molecule has 0 aliphatic heterocycles. The Morgan fingerprint density at radius 3 is 2.53 bits per heavy atom. The maximum atomic E-state index is 11.5. The third-order valence-electron chi connectivity index (χ3n) is 1.60. The molecule has 0 atom stereocenters. The lowest BCUT2D eigenvalue weighted by Gasteiger charge is -2.17. The van der Waals surface area contributed by atoms with Crippen LogP contribution in [0.15, 0.2) is 5.16 Å². The number of hydrogen-bond acceptors (Lipinski definition) is 4. The van der Waals surface area contributed by atoms with Gasteiger partial charge in [-0.2, -0.15) is 12.7 Å². The summed E-state index contributed by atoms with van der Waals surface area (Å²) in [6, 6.07) is 0. The monoisotopic (exact) mass is 238 g/mol. The van der Waals surface area contributed by atoms with E-state index in [4.69, 9.17) is 10.9 Å². The first kappa shape index (κ1) is 14.1.